The van der Waals surface area contributed by atoms with Crippen molar-refractivity contribution in [1.29, 1.82) is 0 Å². The predicted molar refractivity (Wildman–Crippen MR) is 81.0 cm³/mol. The first kappa shape index (κ1) is 15.0. The molecule has 0 atom stereocenters. The molecular weight excluding hydrogens is 250 g/mol. The first-order valence-corrected chi connectivity index (χ1v) is 7.51. The molecule has 0 heterocycles. The van der Waals surface area contributed by atoms with Gasteiger partial charge in [0, 0.05) is 12.1 Å². The molecule has 0 bridgehead atoms. The number of benzene rings is 1. The Hall–Kier alpha value is -1.35. The van der Waals surface area contributed by atoms with Gasteiger partial charge in [-0.25, -0.2) is 0 Å². The molecule has 3 nitrogen and oxygen atoms in total. The number of rotatable bonds is 3. The van der Waals surface area contributed by atoms with E-state index in [2.05, 4.69) is 24.4 Å². The second-order valence-corrected chi connectivity index (χ2v) is 6.16. The third-order valence-corrected chi connectivity index (χ3v) is 4.27. The molecule has 1 aromatic rings. The van der Waals surface area contributed by atoms with Gasteiger partial charge in [-0.2, -0.15) is 0 Å². The van der Waals surface area contributed by atoms with Gasteiger partial charge < -0.3 is 10.4 Å². The van der Waals surface area contributed by atoms with Gasteiger partial charge in [-0.1, -0.05) is 17.7 Å². The average molecular weight is 275 g/mol. The normalized spacial score (nSPS) is 22.6. The maximum Gasteiger partial charge on any atom is 0.251 e. The smallest absolute Gasteiger partial charge is 0.251 e. The lowest BCUT2D eigenvalue weighted by molar-refractivity contribution is 0.0909. The molecule has 20 heavy (non-hydrogen) atoms. The van der Waals surface area contributed by atoms with Crippen LogP contribution in [-0.4, -0.2) is 23.7 Å². The topological polar surface area (TPSA) is 49.3 Å². The van der Waals surface area contributed by atoms with E-state index in [1.165, 1.54) is 5.56 Å². The van der Waals surface area contributed by atoms with Crippen molar-refractivity contribution < 1.29 is 9.90 Å². The molecule has 1 amide bonds. The Kier molecular flexibility index (Phi) is 4.81. The Morgan fingerprint density at radius 3 is 2.25 bits per heavy atom. The zero-order chi connectivity index (χ0) is 14.7. The van der Waals surface area contributed by atoms with Crippen molar-refractivity contribution in [2.45, 2.75) is 52.6 Å². The van der Waals surface area contributed by atoms with Crippen molar-refractivity contribution in [2.75, 3.05) is 6.54 Å². The van der Waals surface area contributed by atoms with Crippen LogP contribution in [0.15, 0.2) is 12.1 Å². The molecule has 110 valence electrons. The summed E-state index contributed by atoms with van der Waals surface area (Å²) in [5.41, 5.74) is 4.09. The van der Waals surface area contributed by atoms with Crippen molar-refractivity contribution in [3.63, 3.8) is 0 Å². The van der Waals surface area contributed by atoms with Crippen LogP contribution in [-0.2, 0) is 0 Å². The number of carbonyl (C=O) groups is 1. The largest absolute Gasteiger partial charge is 0.393 e. The zero-order valence-corrected chi connectivity index (χ0v) is 12.7. The highest BCUT2D eigenvalue weighted by Gasteiger charge is 2.20. The highest BCUT2D eigenvalue weighted by molar-refractivity contribution is 5.97. The van der Waals surface area contributed by atoms with Crippen molar-refractivity contribution in [3.8, 4) is 0 Å². The molecule has 1 aromatic carbocycles. The molecule has 0 aliphatic heterocycles. The van der Waals surface area contributed by atoms with Crippen LogP contribution in [0.1, 0.15) is 52.7 Å². The van der Waals surface area contributed by atoms with E-state index in [4.69, 9.17) is 0 Å². The number of nitrogens with one attached hydrogen (secondary N) is 1. The third kappa shape index (κ3) is 3.60. The maximum atomic E-state index is 12.3. The molecule has 0 unspecified atom stereocenters. The van der Waals surface area contributed by atoms with Crippen LogP contribution in [0.2, 0.25) is 0 Å². The molecule has 2 N–H and O–H groups in total. The Bertz CT molecular complexity index is 465. The summed E-state index contributed by atoms with van der Waals surface area (Å²) < 4.78 is 0. The van der Waals surface area contributed by atoms with Crippen molar-refractivity contribution in [2.24, 2.45) is 5.92 Å². The van der Waals surface area contributed by atoms with Crippen molar-refractivity contribution in [3.05, 3.63) is 34.4 Å². The van der Waals surface area contributed by atoms with Gasteiger partial charge in [0.25, 0.3) is 5.91 Å². The van der Waals surface area contributed by atoms with Crippen LogP contribution in [0.3, 0.4) is 0 Å². The fourth-order valence-corrected chi connectivity index (χ4v) is 3.21. The lowest BCUT2D eigenvalue weighted by Crippen LogP contribution is -2.32. The highest BCUT2D eigenvalue weighted by Crippen LogP contribution is 2.23. The molecule has 2 rings (SSSR count). The molecular formula is C17H25NO2. The summed E-state index contributed by atoms with van der Waals surface area (Å²) in [5, 5.41) is 12.6. The lowest BCUT2D eigenvalue weighted by Gasteiger charge is -2.25. The predicted octanol–water partition coefficient (Wildman–Crippen LogP) is 2.89. The SMILES string of the molecule is Cc1cc(C)c(C(=O)NCC2CCC(O)CC2)c(C)c1. The Morgan fingerprint density at radius 2 is 1.70 bits per heavy atom. The second-order valence-electron chi connectivity index (χ2n) is 6.16. The number of carbonyl (C=O) groups excluding carboxylic acids is 1. The number of hydrogen-bond donors (Lipinski definition) is 2. The van der Waals surface area contributed by atoms with Gasteiger partial charge in [0.05, 0.1) is 6.10 Å². The number of aliphatic hydroxyl groups is 1. The van der Waals surface area contributed by atoms with Crippen LogP contribution in [0.4, 0.5) is 0 Å². The van der Waals surface area contributed by atoms with Crippen LogP contribution in [0, 0.1) is 26.7 Å². The summed E-state index contributed by atoms with van der Waals surface area (Å²) >= 11 is 0. The van der Waals surface area contributed by atoms with Crippen LogP contribution >= 0.6 is 0 Å². The summed E-state index contributed by atoms with van der Waals surface area (Å²) in [6, 6.07) is 4.11. The summed E-state index contributed by atoms with van der Waals surface area (Å²) in [6.45, 7) is 6.76. The summed E-state index contributed by atoms with van der Waals surface area (Å²) in [6.07, 6.45) is 3.61. The van der Waals surface area contributed by atoms with E-state index in [0.717, 1.165) is 48.9 Å². The first-order valence-electron chi connectivity index (χ1n) is 7.51. The van der Waals surface area contributed by atoms with Gasteiger partial charge in [0.2, 0.25) is 0 Å². The van der Waals surface area contributed by atoms with Crippen LogP contribution in [0.5, 0.6) is 0 Å². The van der Waals surface area contributed by atoms with Gasteiger partial charge in [-0.05, 0) is 63.5 Å². The molecule has 3 heteroatoms. The minimum Gasteiger partial charge on any atom is -0.393 e. The van der Waals surface area contributed by atoms with E-state index in [1.54, 1.807) is 0 Å². The van der Waals surface area contributed by atoms with Gasteiger partial charge >= 0.3 is 0 Å². The second kappa shape index (κ2) is 6.40. The molecule has 0 aromatic heterocycles. The van der Waals surface area contributed by atoms with E-state index in [0.29, 0.717) is 5.92 Å². The fourth-order valence-electron chi connectivity index (χ4n) is 3.21. The minimum atomic E-state index is -0.136. The molecule has 1 aliphatic rings. The molecule has 0 saturated heterocycles. The fraction of sp³-hybridized carbons (Fsp3) is 0.588. The Balaban J connectivity index is 1.95. The van der Waals surface area contributed by atoms with Crippen LogP contribution in [0.25, 0.3) is 0 Å². The third-order valence-electron chi connectivity index (χ3n) is 4.27. The summed E-state index contributed by atoms with van der Waals surface area (Å²) in [5.74, 6) is 0.541. The van der Waals surface area contributed by atoms with Gasteiger partial charge in [0.1, 0.15) is 0 Å². The van der Waals surface area contributed by atoms with E-state index < -0.39 is 0 Å². The van der Waals surface area contributed by atoms with Crippen LogP contribution < -0.4 is 5.32 Å². The molecule has 1 fully saturated rings. The number of aryl methyl sites for hydroxylation is 3. The monoisotopic (exact) mass is 275 g/mol. The highest BCUT2D eigenvalue weighted by atomic mass is 16.3. The number of aliphatic hydroxyl groups excluding tert-OH is 1. The Labute approximate surface area is 121 Å². The minimum absolute atomic E-state index is 0.0334. The van der Waals surface area contributed by atoms with E-state index in [1.807, 2.05) is 13.8 Å². The van der Waals surface area contributed by atoms with Gasteiger partial charge in [-0.3, -0.25) is 4.79 Å². The van der Waals surface area contributed by atoms with Crippen molar-refractivity contribution in [1.82, 2.24) is 5.32 Å². The molecule has 0 spiro atoms. The number of amides is 1. The molecule has 0 radical (unpaired) electrons. The maximum absolute atomic E-state index is 12.3. The quantitative estimate of drug-likeness (QED) is 0.891. The molecule has 1 saturated carbocycles. The average Bonchev–Trinajstić information content (AvgIpc) is 2.37. The summed E-state index contributed by atoms with van der Waals surface area (Å²) in [4.78, 5) is 12.3. The van der Waals surface area contributed by atoms with Gasteiger partial charge in [-0.15, -0.1) is 0 Å². The zero-order valence-electron chi connectivity index (χ0n) is 12.7. The van der Waals surface area contributed by atoms with E-state index in [-0.39, 0.29) is 12.0 Å². The number of hydrogen-bond acceptors (Lipinski definition) is 2. The molecule has 1 aliphatic carbocycles. The first-order chi connectivity index (χ1) is 9.47. The van der Waals surface area contributed by atoms with Gasteiger partial charge in [0.15, 0.2) is 0 Å². The van der Waals surface area contributed by atoms with Crippen molar-refractivity contribution >= 4 is 5.91 Å². The standard InChI is InChI=1S/C17H25NO2/c1-11-8-12(2)16(13(3)9-11)17(20)18-10-14-4-6-15(19)7-5-14/h8-9,14-15,19H,4-7,10H2,1-3H3,(H,18,20). The Morgan fingerprint density at radius 1 is 1.15 bits per heavy atom. The van der Waals surface area contributed by atoms with E-state index in [9.17, 15) is 9.90 Å². The van der Waals surface area contributed by atoms with E-state index >= 15 is 0 Å². The lowest BCUT2D eigenvalue weighted by atomic mass is 9.87. The summed E-state index contributed by atoms with van der Waals surface area (Å²) in [7, 11) is 0.